The van der Waals surface area contributed by atoms with Crippen LogP contribution in [0.1, 0.15) is 23.2 Å². The number of piperazine rings is 1. The number of carbonyl (C=O) groups is 1. The minimum atomic E-state index is 0.102. The highest BCUT2D eigenvalue weighted by molar-refractivity contribution is 6.17. The topological polar surface area (TPSA) is 28.5 Å². The molecule has 0 aliphatic carbocycles. The molecule has 5 heteroatoms. The minimum Gasteiger partial charge on any atom is -0.344 e. The van der Waals surface area contributed by atoms with E-state index in [0.29, 0.717) is 5.88 Å². The molecule has 1 amide bonds. The van der Waals surface area contributed by atoms with Gasteiger partial charge in [-0.1, -0.05) is 48.5 Å². The molecule has 1 fully saturated rings. The van der Waals surface area contributed by atoms with Crippen molar-refractivity contribution in [3.8, 4) is 0 Å². The van der Waals surface area contributed by atoms with Gasteiger partial charge >= 0.3 is 0 Å². The van der Waals surface area contributed by atoms with Crippen LogP contribution in [0.4, 0.5) is 0 Å². The van der Waals surface area contributed by atoms with Crippen LogP contribution in [-0.2, 0) is 17.8 Å². The molecule has 4 rings (SSSR count). The highest BCUT2D eigenvalue weighted by Crippen LogP contribution is 2.27. The van der Waals surface area contributed by atoms with Crippen LogP contribution in [0.5, 0.6) is 0 Å². The highest BCUT2D eigenvalue weighted by Gasteiger charge is 2.20. The number of fused-ring (bicyclic) bond motifs is 1. The number of nitrogens with zero attached hydrogens (tertiary/aromatic N) is 3. The average molecular weight is 450 g/mol. The van der Waals surface area contributed by atoms with E-state index in [-0.39, 0.29) is 5.91 Å². The summed E-state index contributed by atoms with van der Waals surface area (Å²) in [7, 11) is 0. The van der Waals surface area contributed by atoms with Crippen LogP contribution in [0.15, 0.2) is 60.7 Å². The van der Waals surface area contributed by atoms with E-state index >= 15 is 0 Å². The van der Waals surface area contributed by atoms with Crippen molar-refractivity contribution in [1.29, 1.82) is 0 Å². The van der Waals surface area contributed by atoms with Crippen LogP contribution in [0.2, 0.25) is 0 Å². The van der Waals surface area contributed by atoms with Crippen molar-refractivity contribution in [2.45, 2.75) is 26.3 Å². The first kappa shape index (κ1) is 22.6. The molecule has 0 unspecified atom stereocenters. The monoisotopic (exact) mass is 449 g/mol. The zero-order valence-electron chi connectivity index (χ0n) is 18.8. The van der Waals surface area contributed by atoms with Crippen molar-refractivity contribution in [2.75, 3.05) is 38.6 Å². The molecule has 0 atom stereocenters. The second-order valence-electron chi connectivity index (χ2n) is 8.45. The van der Waals surface area contributed by atoms with Gasteiger partial charge in [0.1, 0.15) is 0 Å². The molecule has 3 aromatic rings. The Morgan fingerprint density at radius 3 is 2.44 bits per heavy atom. The van der Waals surface area contributed by atoms with Gasteiger partial charge in [-0.25, -0.2) is 0 Å². The van der Waals surface area contributed by atoms with Crippen LogP contribution in [0.3, 0.4) is 0 Å². The number of hydrogen-bond acceptors (Lipinski definition) is 2. The molecule has 1 aromatic heterocycles. The first-order valence-corrected chi connectivity index (χ1v) is 12.1. The lowest BCUT2D eigenvalue weighted by molar-refractivity contribution is -0.127. The third-order valence-corrected chi connectivity index (χ3v) is 6.70. The second kappa shape index (κ2) is 10.8. The van der Waals surface area contributed by atoms with E-state index < -0.39 is 0 Å². The maximum Gasteiger partial charge on any atom is 0.246 e. The van der Waals surface area contributed by atoms with Gasteiger partial charge < -0.3 is 9.47 Å². The van der Waals surface area contributed by atoms with E-state index in [1.165, 1.54) is 22.2 Å². The van der Waals surface area contributed by atoms with Crippen LogP contribution >= 0.6 is 11.6 Å². The molecule has 168 valence electrons. The molecule has 1 aliphatic rings. The van der Waals surface area contributed by atoms with Crippen LogP contribution in [-0.4, -0.2) is 58.9 Å². The van der Waals surface area contributed by atoms with Gasteiger partial charge in [-0.3, -0.25) is 9.69 Å². The number of carbonyl (C=O) groups excluding carboxylic acids is 1. The van der Waals surface area contributed by atoms with Gasteiger partial charge in [0, 0.05) is 73.4 Å². The number of benzene rings is 2. The van der Waals surface area contributed by atoms with Gasteiger partial charge in [0.05, 0.1) is 0 Å². The number of rotatable bonds is 8. The van der Waals surface area contributed by atoms with Gasteiger partial charge in [0.25, 0.3) is 0 Å². The summed E-state index contributed by atoms with van der Waals surface area (Å²) >= 11 is 5.93. The largest absolute Gasteiger partial charge is 0.344 e. The van der Waals surface area contributed by atoms with E-state index in [1.54, 1.807) is 6.08 Å². The van der Waals surface area contributed by atoms with Crippen molar-refractivity contribution >= 4 is 34.5 Å². The molecule has 2 aromatic carbocycles. The van der Waals surface area contributed by atoms with Crippen LogP contribution in [0, 0.1) is 6.92 Å². The summed E-state index contributed by atoms with van der Waals surface area (Å²) in [6.45, 7) is 7.50. The van der Waals surface area contributed by atoms with E-state index in [2.05, 4.69) is 71.0 Å². The Hall–Kier alpha value is -2.56. The maximum absolute atomic E-state index is 12.9. The van der Waals surface area contributed by atoms with Crippen LogP contribution in [0.25, 0.3) is 17.0 Å². The van der Waals surface area contributed by atoms with Gasteiger partial charge in [-0.05, 0) is 37.5 Å². The van der Waals surface area contributed by atoms with Gasteiger partial charge in [-0.15, -0.1) is 11.6 Å². The number of hydrogen-bond donors (Lipinski definition) is 0. The normalized spacial score (nSPS) is 15.1. The van der Waals surface area contributed by atoms with E-state index in [1.807, 2.05) is 11.0 Å². The lowest BCUT2D eigenvalue weighted by Gasteiger charge is -2.34. The average Bonchev–Trinajstić information content (AvgIpc) is 3.11. The van der Waals surface area contributed by atoms with Gasteiger partial charge in [0.15, 0.2) is 0 Å². The minimum absolute atomic E-state index is 0.102. The summed E-state index contributed by atoms with van der Waals surface area (Å²) in [5.41, 5.74) is 4.89. The van der Waals surface area contributed by atoms with Crippen LogP contribution < -0.4 is 0 Å². The number of halogens is 1. The molecule has 1 saturated heterocycles. The summed E-state index contributed by atoms with van der Waals surface area (Å²) in [5, 5.41) is 1.19. The SMILES string of the molecule is Cc1c(C=CC(=O)N2CCN(CCc3ccccc3)CC2)c2ccccc2n1CCCCl. The summed E-state index contributed by atoms with van der Waals surface area (Å²) in [5.74, 6) is 0.747. The molecule has 32 heavy (non-hydrogen) atoms. The second-order valence-corrected chi connectivity index (χ2v) is 8.82. The zero-order chi connectivity index (χ0) is 22.3. The fourth-order valence-corrected chi connectivity index (χ4v) is 4.68. The first-order chi connectivity index (χ1) is 15.7. The quantitative estimate of drug-likeness (QED) is 0.358. The predicted octanol–water partition coefficient (Wildman–Crippen LogP) is 4.98. The molecule has 0 spiro atoms. The van der Waals surface area contributed by atoms with Crippen molar-refractivity contribution in [1.82, 2.24) is 14.4 Å². The number of aromatic nitrogens is 1. The molecule has 0 bridgehead atoms. The van der Waals surface area contributed by atoms with E-state index in [9.17, 15) is 4.79 Å². The summed E-state index contributed by atoms with van der Waals surface area (Å²) in [4.78, 5) is 17.3. The molecule has 0 radical (unpaired) electrons. The smallest absolute Gasteiger partial charge is 0.246 e. The Kier molecular flexibility index (Phi) is 7.67. The van der Waals surface area contributed by atoms with Crippen molar-refractivity contribution in [3.05, 3.63) is 77.5 Å². The fourth-order valence-electron chi connectivity index (χ4n) is 4.56. The van der Waals surface area contributed by atoms with Crippen molar-refractivity contribution < 1.29 is 4.79 Å². The van der Waals surface area contributed by atoms with Crippen molar-refractivity contribution in [3.63, 3.8) is 0 Å². The number of amides is 1. The van der Waals surface area contributed by atoms with E-state index in [4.69, 9.17) is 11.6 Å². The lowest BCUT2D eigenvalue weighted by Crippen LogP contribution is -2.48. The Labute approximate surface area is 196 Å². The zero-order valence-corrected chi connectivity index (χ0v) is 19.6. The highest BCUT2D eigenvalue weighted by atomic mass is 35.5. The van der Waals surface area contributed by atoms with Gasteiger partial charge in [-0.2, -0.15) is 0 Å². The Bertz CT molecular complexity index is 1070. The number of alkyl halides is 1. The van der Waals surface area contributed by atoms with Gasteiger partial charge in [0.2, 0.25) is 5.91 Å². The molecule has 1 aliphatic heterocycles. The first-order valence-electron chi connectivity index (χ1n) is 11.5. The molecular weight excluding hydrogens is 418 g/mol. The third kappa shape index (κ3) is 5.25. The molecule has 4 nitrogen and oxygen atoms in total. The Balaban J connectivity index is 1.37. The summed E-state index contributed by atoms with van der Waals surface area (Å²) in [6, 6.07) is 19.0. The summed E-state index contributed by atoms with van der Waals surface area (Å²) in [6.07, 6.45) is 5.73. The number of aryl methyl sites for hydroxylation is 1. The standard InChI is InChI=1S/C27H32ClN3O/c1-22-24(25-10-5-6-11-26(25)31(22)16-7-15-28)12-13-27(32)30-20-18-29(19-21-30)17-14-23-8-3-2-4-9-23/h2-6,8-13H,7,14-21H2,1H3. The lowest BCUT2D eigenvalue weighted by atomic mass is 10.1. The molecule has 2 heterocycles. The molecule has 0 N–H and O–H groups in total. The number of para-hydroxylation sites is 1. The maximum atomic E-state index is 12.9. The molecule has 0 saturated carbocycles. The van der Waals surface area contributed by atoms with Crippen molar-refractivity contribution in [2.24, 2.45) is 0 Å². The predicted molar refractivity (Wildman–Crippen MR) is 134 cm³/mol. The fraction of sp³-hybridized carbons (Fsp3) is 0.370. The molecular formula is C27H32ClN3O. The Morgan fingerprint density at radius 1 is 0.969 bits per heavy atom. The van der Waals surface area contributed by atoms with E-state index in [0.717, 1.165) is 57.7 Å². The third-order valence-electron chi connectivity index (χ3n) is 6.43. The summed E-state index contributed by atoms with van der Waals surface area (Å²) < 4.78 is 2.31. The Morgan fingerprint density at radius 2 is 1.69 bits per heavy atom.